The first-order valence-electron chi connectivity index (χ1n) is 9.13. The molecular formula is C21H17F3N2O3S. The Balaban J connectivity index is 1.56. The number of carboxylic acid groups (broad SMARTS) is 1. The van der Waals surface area contributed by atoms with Crippen molar-refractivity contribution >= 4 is 27.5 Å². The number of fused-ring (bicyclic) bond motifs is 1. The summed E-state index contributed by atoms with van der Waals surface area (Å²) >= 11 is 1.55. The number of aryl methyl sites for hydroxylation is 3. The van der Waals surface area contributed by atoms with E-state index in [1.807, 2.05) is 22.1 Å². The lowest BCUT2D eigenvalue weighted by molar-refractivity contribution is -0.138. The van der Waals surface area contributed by atoms with Gasteiger partial charge in [-0.1, -0.05) is 0 Å². The summed E-state index contributed by atoms with van der Waals surface area (Å²) < 4.78 is 47.0. The molecule has 5 nitrogen and oxygen atoms in total. The maximum atomic E-state index is 12.7. The Morgan fingerprint density at radius 1 is 1.23 bits per heavy atom. The molecule has 0 aliphatic heterocycles. The van der Waals surface area contributed by atoms with E-state index >= 15 is 0 Å². The summed E-state index contributed by atoms with van der Waals surface area (Å²) in [4.78, 5) is 15.5. The van der Waals surface area contributed by atoms with Crippen LogP contribution in [0, 0.1) is 6.92 Å². The standard InChI is InChI=1S/C21H17F3N2O3S/c1-12-17(29-20(25-12)13-2-4-14(5-3-13)21(22,23)24)6-8-26-15(11-19(27)28)10-18-16(26)7-9-30-18/h2-5,7,9-10H,6,8,11H2,1H3,(H,27,28). The van der Waals surface area contributed by atoms with Crippen molar-refractivity contribution in [1.29, 1.82) is 0 Å². The van der Waals surface area contributed by atoms with Crippen molar-refractivity contribution in [2.75, 3.05) is 0 Å². The normalized spacial score (nSPS) is 12.0. The molecule has 4 rings (SSSR count). The average molecular weight is 434 g/mol. The second-order valence-electron chi connectivity index (χ2n) is 6.88. The molecule has 9 heteroatoms. The van der Waals surface area contributed by atoms with E-state index in [0.717, 1.165) is 22.3 Å². The van der Waals surface area contributed by atoms with Gasteiger partial charge in [-0.3, -0.25) is 4.79 Å². The fourth-order valence-corrected chi connectivity index (χ4v) is 4.24. The first kappa shape index (κ1) is 20.2. The molecule has 4 aromatic rings. The lowest BCUT2D eigenvalue weighted by Gasteiger charge is -2.08. The van der Waals surface area contributed by atoms with Crippen molar-refractivity contribution in [3.8, 4) is 11.5 Å². The van der Waals surface area contributed by atoms with E-state index in [9.17, 15) is 23.1 Å². The SMILES string of the molecule is Cc1nc(-c2ccc(C(F)(F)F)cc2)oc1CCn1c(CC(=O)O)cc2sccc21. The molecule has 0 saturated heterocycles. The molecule has 0 amide bonds. The van der Waals surface area contributed by atoms with Gasteiger partial charge in [0.05, 0.1) is 27.9 Å². The molecule has 0 radical (unpaired) electrons. The number of nitrogens with zero attached hydrogens (tertiary/aromatic N) is 2. The maximum absolute atomic E-state index is 12.7. The van der Waals surface area contributed by atoms with Crippen molar-refractivity contribution in [3.63, 3.8) is 0 Å². The van der Waals surface area contributed by atoms with Gasteiger partial charge in [-0.15, -0.1) is 11.3 Å². The second-order valence-corrected chi connectivity index (χ2v) is 7.83. The molecule has 30 heavy (non-hydrogen) atoms. The van der Waals surface area contributed by atoms with Crippen molar-refractivity contribution in [2.45, 2.75) is 32.5 Å². The van der Waals surface area contributed by atoms with Gasteiger partial charge in [0.2, 0.25) is 5.89 Å². The van der Waals surface area contributed by atoms with Crippen LogP contribution in [-0.2, 0) is 30.4 Å². The predicted octanol–water partition coefficient (Wildman–Crippen LogP) is 5.55. The molecule has 0 saturated carbocycles. The van der Waals surface area contributed by atoms with Gasteiger partial charge in [0, 0.05) is 24.2 Å². The molecular weight excluding hydrogens is 417 g/mol. The van der Waals surface area contributed by atoms with Crippen LogP contribution in [0.2, 0.25) is 0 Å². The number of aromatic nitrogens is 2. The molecule has 3 heterocycles. The molecule has 0 spiro atoms. The minimum absolute atomic E-state index is 0.0758. The fraction of sp³-hybridized carbons (Fsp3) is 0.238. The monoisotopic (exact) mass is 434 g/mol. The summed E-state index contributed by atoms with van der Waals surface area (Å²) in [5.41, 5.74) is 2.07. The van der Waals surface area contributed by atoms with Gasteiger partial charge >= 0.3 is 12.1 Å². The predicted molar refractivity (Wildman–Crippen MR) is 107 cm³/mol. The smallest absolute Gasteiger partial charge is 0.416 e. The summed E-state index contributed by atoms with van der Waals surface area (Å²) in [6, 6.07) is 8.51. The lowest BCUT2D eigenvalue weighted by atomic mass is 10.1. The van der Waals surface area contributed by atoms with Crippen LogP contribution in [0.4, 0.5) is 13.2 Å². The summed E-state index contributed by atoms with van der Waals surface area (Å²) in [5, 5.41) is 11.1. The summed E-state index contributed by atoms with van der Waals surface area (Å²) in [5.74, 6) is -0.0275. The van der Waals surface area contributed by atoms with Crippen LogP contribution in [0.3, 0.4) is 0 Å². The van der Waals surface area contributed by atoms with E-state index < -0.39 is 17.7 Å². The Labute approximate surface area is 173 Å². The molecule has 156 valence electrons. The highest BCUT2D eigenvalue weighted by Crippen LogP contribution is 2.31. The Kier molecular flexibility index (Phi) is 5.15. The number of alkyl halides is 3. The zero-order chi connectivity index (χ0) is 21.5. The van der Waals surface area contributed by atoms with Crippen LogP contribution in [0.5, 0.6) is 0 Å². The van der Waals surface area contributed by atoms with Crippen molar-refractivity contribution < 1.29 is 27.5 Å². The van der Waals surface area contributed by atoms with Gasteiger partial charge in [0.25, 0.3) is 0 Å². The second kappa shape index (κ2) is 7.64. The van der Waals surface area contributed by atoms with E-state index in [4.69, 9.17) is 4.42 Å². The van der Waals surface area contributed by atoms with Crippen LogP contribution in [0.25, 0.3) is 21.7 Å². The van der Waals surface area contributed by atoms with E-state index in [0.29, 0.717) is 35.7 Å². The Morgan fingerprint density at radius 3 is 2.63 bits per heavy atom. The topological polar surface area (TPSA) is 68.3 Å². The molecule has 0 aliphatic carbocycles. The first-order valence-corrected chi connectivity index (χ1v) is 10.0. The molecule has 0 atom stereocenters. The molecule has 0 unspecified atom stereocenters. The van der Waals surface area contributed by atoms with Crippen molar-refractivity contribution in [2.24, 2.45) is 0 Å². The van der Waals surface area contributed by atoms with E-state index in [2.05, 4.69) is 4.98 Å². The number of carboxylic acids is 1. The molecule has 3 aromatic heterocycles. The number of oxazole rings is 1. The number of hydrogen-bond acceptors (Lipinski definition) is 4. The number of aliphatic carboxylic acids is 1. The highest BCUT2D eigenvalue weighted by Gasteiger charge is 2.30. The van der Waals surface area contributed by atoms with E-state index in [-0.39, 0.29) is 12.3 Å². The number of halogens is 3. The highest BCUT2D eigenvalue weighted by atomic mass is 32.1. The van der Waals surface area contributed by atoms with Gasteiger partial charge < -0.3 is 14.1 Å². The minimum atomic E-state index is -4.40. The summed E-state index contributed by atoms with van der Waals surface area (Å²) in [7, 11) is 0. The summed E-state index contributed by atoms with van der Waals surface area (Å²) in [6.07, 6.45) is -3.99. The minimum Gasteiger partial charge on any atom is -0.481 e. The molecule has 0 aliphatic rings. The van der Waals surface area contributed by atoms with Gasteiger partial charge in [0.15, 0.2) is 0 Å². The lowest BCUT2D eigenvalue weighted by Crippen LogP contribution is -2.09. The number of hydrogen-bond donors (Lipinski definition) is 1. The zero-order valence-corrected chi connectivity index (χ0v) is 16.7. The summed E-state index contributed by atoms with van der Waals surface area (Å²) in [6.45, 7) is 2.28. The third-order valence-corrected chi connectivity index (χ3v) is 5.71. The molecule has 1 N–H and O–H groups in total. The van der Waals surface area contributed by atoms with E-state index in [1.165, 1.54) is 12.1 Å². The Hall–Kier alpha value is -3.07. The quantitative estimate of drug-likeness (QED) is 0.432. The van der Waals surface area contributed by atoms with Gasteiger partial charge in [0.1, 0.15) is 5.76 Å². The van der Waals surface area contributed by atoms with Crippen LogP contribution in [0.15, 0.2) is 46.2 Å². The number of rotatable bonds is 6. The third kappa shape index (κ3) is 3.97. The fourth-order valence-electron chi connectivity index (χ4n) is 3.39. The number of carbonyl (C=O) groups is 1. The molecule has 1 aromatic carbocycles. The Morgan fingerprint density at radius 2 is 1.97 bits per heavy atom. The van der Waals surface area contributed by atoms with Crippen molar-refractivity contribution in [3.05, 3.63) is 64.5 Å². The number of benzene rings is 1. The van der Waals surface area contributed by atoms with E-state index in [1.54, 1.807) is 18.3 Å². The van der Waals surface area contributed by atoms with Crippen molar-refractivity contribution in [1.82, 2.24) is 9.55 Å². The van der Waals surface area contributed by atoms with Gasteiger partial charge in [-0.25, -0.2) is 4.98 Å². The average Bonchev–Trinajstić information content (AvgIpc) is 3.34. The van der Waals surface area contributed by atoms with Gasteiger partial charge in [-0.2, -0.15) is 13.2 Å². The van der Waals surface area contributed by atoms with Crippen LogP contribution < -0.4 is 0 Å². The molecule has 0 bridgehead atoms. The first-order chi connectivity index (χ1) is 14.2. The van der Waals surface area contributed by atoms with Crippen LogP contribution >= 0.6 is 11.3 Å². The van der Waals surface area contributed by atoms with Crippen LogP contribution in [-0.4, -0.2) is 20.6 Å². The number of thiophene rings is 1. The largest absolute Gasteiger partial charge is 0.481 e. The molecule has 0 fully saturated rings. The maximum Gasteiger partial charge on any atom is 0.416 e. The highest BCUT2D eigenvalue weighted by molar-refractivity contribution is 7.17. The van der Waals surface area contributed by atoms with Crippen LogP contribution in [0.1, 0.15) is 22.7 Å². The Bertz CT molecular complexity index is 1200. The van der Waals surface area contributed by atoms with Gasteiger partial charge in [-0.05, 0) is 48.7 Å². The third-order valence-electron chi connectivity index (χ3n) is 4.86. The zero-order valence-electron chi connectivity index (χ0n) is 15.9.